The molecule has 0 aliphatic carbocycles. The Morgan fingerprint density at radius 3 is 2.44 bits per heavy atom. The Hall–Kier alpha value is -0.520. The van der Waals surface area contributed by atoms with E-state index in [4.69, 9.17) is 5.73 Å². The first-order chi connectivity index (χ1) is 7.71. The molecule has 0 spiro atoms. The average Bonchev–Trinajstić information content (AvgIpc) is 2.15. The molecular formula is C12H14BrClF3N. The molecule has 0 unspecified atom stereocenters. The van der Waals surface area contributed by atoms with E-state index < -0.39 is 17.8 Å². The highest BCUT2D eigenvalue weighted by Crippen LogP contribution is 2.34. The third kappa shape index (κ3) is 4.63. The van der Waals surface area contributed by atoms with Crippen LogP contribution in [0, 0.1) is 0 Å². The fraction of sp³-hybridized carbons (Fsp3) is 0.333. The van der Waals surface area contributed by atoms with Gasteiger partial charge < -0.3 is 5.73 Å². The molecule has 0 fully saturated rings. The van der Waals surface area contributed by atoms with Crippen molar-refractivity contribution in [1.29, 1.82) is 0 Å². The van der Waals surface area contributed by atoms with Crippen molar-refractivity contribution in [3.05, 3.63) is 46.0 Å². The quantitative estimate of drug-likeness (QED) is 0.779. The van der Waals surface area contributed by atoms with Gasteiger partial charge in [-0.25, -0.2) is 0 Å². The lowest BCUT2D eigenvalue weighted by molar-refractivity contribution is -0.137. The lowest BCUT2D eigenvalue weighted by Crippen LogP contribution is -2.13. The summed E-state index contributed by atoms with van der Waals surface area (Å²) in [5, 5.41) is 0. The Morgan fingerprint density at radius 2 is 2.00 bits per heavy atom. The summed E-state index contributed by atoms with van der Waals surface area (Å²) in [4.78, 5) is 0. The van der Waals surface area contributed by atoms with Crippen LogP contribution in [0.1, 0.15) is 30.5 Å². The monoisotopic (exact) mass is 343 g/mol. The normalized spacial score (nSPS) is 12.8. The van der Waals surface area contributed by atoms with Crippen molar-refractivity contribution in [2.24, 2.45) is 5.73 Å². The first kappa shape index (κ1) is 17.5. The van der Waals surface area contributed by atoms with Gasteiger partial charge in [0.1, 0.15) is 0 Å². The minimum Gasteiger partial charge on any atom is -0.324 e. The van der Waals surface area contributed by atoms with Gasteiger partial charge in [-0.15, -0.1) is 19.0 Å². The van der Waals surface area contributed by atoms with Crippen LogP contribution >= 0.6 is 28.3 Å². The second-order valence-electron chi connectivity index (χ2n) is 4.00. The van der Waals surface area contributed by atoms with Crippen LogP contribution in [-0.4, -0.2) is 0 Å². The number of halogens is 5. The van der Waals surface area contributed by atoms with E-state index in [0.717, 1.165) is 17.7 Å². The van der Waals surface area contributed by atoms with Gasteiger partial charge in [0, 0.05) is 10.5 Å². The van der Waals surface area contributed by atoms with Gasteiger partial charge in [-0.3, -0.25) is 0 Å². The van der Waals surface area contributed by atoms with Gasteiger partial charge in [0.2, 0.25) is 0 Å². The van der Waals surface area contributed by atoms with Crippen molar-refractivity contribution in [1.82, 2.24) is 0 Å². The van der Waals surface area contributed by atoms with Crippen molar-refractivity contribution >= 4 is 28.3 Å². The van der Waals surface area contributed by atoms with Crippen molar-refractivity contribution in [3.63, 3.8) is 0 Å². The predicted molar refractivity (Wildman–Crippen MR) is 72.8 cm³/mol. The molecule has 1 rings (SSSR count). The second-order valence-corrected chi connectivity index (χ2v) is 4.86. The molecule has 1 aromatic carbocycles. The molecule has 0 saturated heterocycles. The zero-order valence-electron chi connectivity index (χ0n) is 9.72. The number of hydrogen-bond donors (Lipinski definition) is 1. The molecule has 6 heteroatoms. The van der Waals surface area contributed by atoms with E-state index in [1.165, 1.54) is 6.07 Å². The minimum absolute atomic E-state index is 0. The fourth-order valence-electron chi connectivity index (χ4n) is 1.49. The largest absolute Gasteiger partial charge is 0.416 e. The van der Waals surface area contributed by atoms with Crippen molar-refractivity contribution < 1.29 is 13.2 Å². The molecule has 0 aliphatic heterocycles. The molecule has 2 N–H and O–H groups in total. The van der Waals surface area contributed by atoms with Crippen LogP contribution in [-0.2, 0) is 6.18 Å². The first-order valence-electron chi connectivity index (χ1n) is 4.98. The Morgan fingerprint density at radius 1 is 1.44 bits per heavy atom. The number of nitrogens with two attached hydrogens (primary N) is 1. The summed E-state index contributed by atoms with van der Waals surface area (Å²) in [5.74, 6) is 0. The summed E-state index contributed by atoms with van der Waals surface area (Å²) in [6.45, 7) is 5.50. The molecule has 1 nitrogen and oxygen atoms in total. The minimum atomic E-state index is -4.35. The Bertz CT molecular complexity index is 432. The van der Waals surface area contributed by atoms with Crippen LogP contribution < -0.4 is 5.73 Å². The Balaban J connectivity index is 0.00000289. The third-order valence-corrected chi connectivity index (χ3v) is 3.01. The summed E-state index contributed by atoms with van der Waals surface area (Å²) in [7, 11) is 0. The van der Waals surface area contributed by atoms with Crippen molar-refractivity contribution in [2.45, 2.75) is 25.6 Å². The number of alkyl halides is 3. The SMILES string of the molecule is C=C(C)C[C@H](N)c1cc(C(F)(F)F)ccc1Br.Cl. The molecule has 0 aliphatic rings. The van der Waals surface area contributed by atoms with Gasteiger partial charge in [0.25, 0.3) is 0 Å². The first-order valence-corrected chi connectivity index (χ1v) is 5.77. The summed E-state index contributed by atoms with van der Waals surface area (Å²) in [5.41, 5.74) is 6.45. The van der Waals surface area contributed by atoms with Gasteiger partial charge in [-0.05, 0) is 37.1 Å². The maximum Gasteiger partial charge on any atom is 0.416 e. The number of benzene rings is 1. The molecular weight excluding hydrogens is 330 g/mol. The van der Waals surface area contributed by atoms with E-state index in [0.29, 0.717) is 16.5 Å². The summed E-state index contributed by atoms with van der Waals surface area (Å²) in [6.07, 6.45) is -3.89. The molecule has 1 aromatic rings. The average molecular weight is 345 g/mol. The lowest BCUT2D eigenvalue weighted by atomic mass is 9.99. The van der Waals surface area contributed by atoms with E-state index in [1.807, 2.05) is 0 Å². The van der Waals surface area contributed by atoms with Crippen LogP contribution in [0.5, 0.6) is 0 Å². The van der Waals surface area contributed by atoms with Crippen LogP contribution in [0.25, 0.3) is 0 Å². The van der Waals surface area contributed by atoms with Crippen LogP contribution in [0.4, 0.5) is 13.2 Å². The number of hydrogen-bond acceptors (Lipinski definition) is 1. The maximum atomic E-state index is 12.6. The third-order valence-electron chi connectivity index (χ3n) is 2.29. The Kier molecular flexibility index (Phi) is 6.40. The Labute approximate surface area is 119 Å². The molecule has 0 saturated carbocycles. The molecule has 0 amide bonds. The molecule has 0 heterocycles. The van der Waals surface area contributed by atoms with Crippen molar-refractivity contribution in [3.8, 4) is 0 Å². The van der Waals surface area contributed by atoms with E-state index >= 15 is 0 Å². The molecule has 102 valence electrons. The van der Waals surface area contributed by atoms with Gasteiger partial charge in [-0.1, -0.05) is 21.5 Å². The second kappa shape index (κ2) is 6.59. The standard InChI is InChI=1S/C12H13BrF3N.ClH/c1-7(2)5-11(17)9-6-8(12(14,15)16)3-4-10(9)13;/h3-4,6,11H,1,5,17H2,2H3;1H/t11-;/m0./s1. The topological polar surface area (TPSA) is 26.0 Å². The molecule has 0 radical (unpaired) electrons. The highest BCUT2D eigenvalue weighted by Gasteiger charge is 2.31. The lowest BCUT2D eigenvalue weighted by Gasteiger charge is -2.16. The highest BCUT2D eigenvalue weighted by atomic mass is 79.9. The zero-order chi connectivity index (χ0) is 13.2. The molecule has 1 atom stereocenters. The maximum absolute atomic E-state index is 12.6. The summed E-state index contributed by atoms with van der Waals surface area (Å²) in [6, 6.07) is 3.00. The molecule has 18 heavy (non-hydrogen) atoms. The van der Waals surface area contributed by atoms with E-state index in [1.54, 1.807) is 6.92 Å². The zero-order valence-corrected chi connectivity index (χ0v) is 12.1. The highest BCUT2D eigenvalue weighted by molar-refractivity contribution is 9.10. The van der Waals surface area contributed by atoms with Crippen LogP contribution in [0.2, 0.25) is 0 Å². The number of rotatable bonds is 3. The summed E-state index contributed by atoms with van der Waals surface area (Å²) < 4.78 is 38.2. The summed E-state index contributed by atoms with van der Waals surface area (Å²) >= 11 is 3.21. The van der Waals surface area contributed by atoms with Gasteiger partial charge >= 0.3 is 6.18 Å². The van der Waals surface area contributed by atoms with E-state index in [-0.39, 0.29) is 12.4 Å². The molecule has 0 bridgehead atoms. The van der Waals surface area contributed by atoms with Gasteiger partial charge in [0.15, 0.2) is 0 Å². The van der Waals surface area contributed by atoms with Crippen LogP contribution in [0.3, 0.4) is 0 Å². The van der Waals surface area contributed by atoms with E-state index in [9.17, 15) is 13.2 Å². The predicted octanol–water partition coefficient (Wildman–Crippen LogP) is 4.86. The van der Waals surface area contributed by atoms with E-state index in [2.05, 4.69) is 22.5 Å². The smallest absolute Gasteiger partial charge is 0.324 e. The fourth-order valence-corrected chi connectivity index (χ4v) is 2.03. The van der Waals surface area contributed by atoms with Crippen molar-refractivity contribution in [2.75, 3.05) is 0 Å². The van der Waals surface area contributed by atoms with Crippen LogP contribution in [0.15, 0.2) is 34.8 Å². The van der Waals surface area contributed by atoms with Gasteiger partial charge in [0.05, 0.1) is 5.56 Å². The molecule has 0 aromatic heterocycles. The van der Waals surface area contributed by atoms with Gasteiger partial charge in [-0.2, -0.15) is 13.2 Å².